The first-order chi connectivity index (χ1) is 16.2. The van der Waals surface area contributed by atoms with Gasteiger partial charge in [0.25, 0.3) is 0 Å². The van der Waals surface area contributed by atoms with E-state index in [-0.39, 0.29) is 11.7 Å². The van der Waals surface area contributed by atoms with E-state index in [1.807, 2.05) is 25.2 Å². The van der Waals surface area contributed by atoms with Crippen LogP contribution in [0, 0.1) is 5.92 Å². The van der Waals surface area contributed by atoms with Gasteiger partial charge in [-0.25, -0.2) is 9.97 Å². The van der Waals surface area contributed by atoms with E-state index < -0.39 is 0 Å². The lowest BCUT2D eigenvalue weighted by molar-refractivity contribution is 0.0355. The van der Waals surface area contributed by atoms with Crippen molar-refractivity contribution >= 4 is 29.4 Å². The number of benzene rings is 1. The van der Waals surface area contributed by atoms with Crippen molar-refractivity contribution < 1.29 is 9.53 Å². The van der Waals surface area contributed by atoms with Crippen molar-refractivity contribution in [3.05, 3.63) is 42.0 Å². The van der Waals surface area contributed by atoms with E-state index in [0.717, 1.165) is 57.4 Å². The van der Waals surface area contributed by atoms with Crippen LogP contribution in [-0.4, -0.2) is 73.4 Å². The number of nitrogens with zero attached hydrogens (tertiary/aromatic N) is 4. The van der Waals surface area contributed by atoms with Crippen LogP contribution in [0.2, 0.25) is 0 Å². The molecule has 0 atom stereocenters. The molecule has 2 aliphatic rings. The lowest BCUT2D eigenvalue weighted by Crippen LogP contribution is -2.42. The Morgan fingerprint density at radius 1 is 1.27 bits per heavy atom. The zero-order chi connectivity index (χ0) is 23.0. The number of Topliss-reactive ketones (excluding diaryl/α,β-unsaturated/α-hetero) is 1. The van der Waals surface area contributed by atoms with Crippen molar-refractivity contribution in [2.75, 3.05) is 45.3 Å². The highest BCUT2D eigenvalue weighted by Crippen LogP contribution is 2.29. The summed E-state index contributed by atoms with van der Waals surface area (Å²) in [6.45, 7) is 7.40. The number of ether oxygens (including phenoxy) is 1. The van der Waals surface area contributed by atoms with Crippen molar-refractivity contribution in [1.82, 2.24) is 25.5 Å². The Labute approximate surface area is 194 Å². The number of morpholine rings is 1. The van der Waals surface area contributed by atoms with E-state index in [1.54, 1.807) is 12.4 Å². The maximum absolute atomic E-state index is 13.4. The molecule has 2 heterocycles. The molecular weight excluding hydrogens is 418 g/mol. The highest BCUT2D eigenvalue weighted by molar-refractivity contribution is 6.07. The van der Waals surface area contributed by atoms with E-state index >= 15 is 0 Å². The number of para-hydroxylation sites is 1. The van der Waals surface area contributed by atoms with Gasteiger partial charge < -0.3 is 20.7 Å². The maximum atomic E-state index is 13.4. The summed E-state index contributed by atoms with van der Waals surface area (Å²) in [4.78, 5) is 28.6. The van der Waals surface area contributed by atoms with Crippen LogP contribution < -0.4 is 16.0 Å². The second-order valence-electron chi connectivity index (χ2n) is 8.55. The molecule has 0 amide bonds. The molecule has 33 heavy (non-hydrogen) atoms. The molecule has 1 aromatic carbocycles. The minimum Gasteiger partial charge on any atom is -0.379 e. The first-order valence-corrected chi connectivity index (χ1v) is 11.6. The SMILES string of the molecule is C=N/C=C(\NCN1CCOCC1)Nc1ncc2cccc(C(=O)C3CCC(NC)CC3)c2n1. The Hall–Kier alpha value is -2.88. The van der Waals surface area contributed by atoms with E-state index in [4.69, 9.17) is 9.72 Å². The third kappa shape index (κ3) is 5.93. The molecule has 1 saturated heterocycles. The average Bonchev–Trinajstić information content (AvgIpc) is 2.87. The number of rotatable bonds is 9. The number of carbonyl (C=O) groups is 1. The first kappa shape index (κ1) is 23.3. The molecule has 1 aromatic heterocycles. The van der Waals surface area contributed by atoms with Gasteiger partial charge >= 0.3 is 0 Å². The van der Waals surface area contributed by atoms with Gasteiger partial charge in [-0.3, -0.25) is 14.7 Å². The second-order valence-corrected chi connectivity index (χ2v) is 8.55. The second kappa shape index (κ2) is 11.3. The zero-order valence-electron chi connectivity index (χ0n) is 19.2. The van der Waals surface area contributed by atoms with Gasteiger partial charge in [0.2, 0.25) is 5.95 Å². The third-order valence-corrected chi connectivity index (χ3v) is 6.45. The number of nitrogens with one attached hydrogen (secondary N) is 3. The molecule has 1 aliphatic heterocycles. The lowest BCUT2D eigenvalue weighted by Gasteiger charge is -2.27. The molecule has 3 N–H and O–H groups in total. The summed E-state index contributed by atoms with van der Waals surface area (Å²) < 4.78 is 5.40. The van der Waals surface area contributed by atoms with Gasteiger partial charge in [-0.05, 0) is 45.5 Å². The van der Waals surface area contributed by atoms with Gasteiger partial charge in [0.05, 0.1) is 31.6 Å². The molecule has 9 heteroatoms. The highest BCUT2D eigenvalue weighted by Gasteiger charge is 2.27. The van der Waals surface area contributed by atoms with Gasteiger partial charge in [-0.2, -0.15) is 0 Å². The Morgan fingerprint density at radius 2 is 2.06 bits per heavy atom. The molecule has 4 rings (SSSR count). The summed E-state index contributed by atoms with van der Waals surface area (Å²) in [6.07, 6.45) is 7.21. The third-order valence-electron chi connectivity index (χ3n) is 6.45. The Bertz CT molecular complexity index is 995. The zero-order valence-corrected chi connectivity index (χ0v) is 19.2. The van der Waals surface area contributed by atoms with Crippen molar-refractivity contribution in [3.8, 4) is 0 Å². The maximum Gasteiger partial charge on any atom is 0.228 e. The van der Waals surface area contributed by atoms with Crippen LogP contribution in [0.4, 0.5) is 5.95 Å². The fraction of sp³-hybridized carbons (Fsp3) is 0.500. The van der Waals surface area contributed by atoms with Gasteiger partial charge in [0.15, 0.2) is 5.78 Å². The summed E-state index contributed by atoms with van der Waals surface area (Å²) in [6, 6.07) is 6.23. The summed E-state index contributed by atoms with van der Waals surface area (Å²) in [5.41, 5.74) is 1.34. The molecule has 0 unspecified atom stereocenters. The standard InChI is InChI=1S/C24H33N7O2/c1-25-15-21(28-16-31-10-12-33-13-11-31)29-24-27-14-18-4-3-5-20(22(18)30-24)23(32)17-6-8-19(26-2)9-7-17/h3-5,14-15,17,19,26,28H,1,6-13,16H2,2H3,(H,27,29,30)/b21-15+. The molecular formula is C24H33N7O2. The first-order valence-electron chi connectivity index (χ1n) is 11.6. The summed E-state index contributed by atoms with van der Waals surface area (Å²) in [5.74, 6) is 1.27. The van der Waals surface area contributed by atoms with Gasteiger partial charge in [-0.15, -0.1) is 0 Å². The Morgan fingerprint density at radius 3 is 2.79 bits per heavy atom. The summed E-state index contributed by atoms with van der Waals surface area (Å²) in [7, 11) is 1.99. The number of carbonyl (C=O) groups excluding carboxylic acids is 1. The van der Waals surface area contributed by atoms with Gasteiger partial charge in [0.1, 0.15) is 5.82 Å². The van der Waals surface area contributed by atoms with Crippen LogP contribution in [0.15, 0.2) is 41.4 Å². The van der Waals surface area contributed by atoms with Crippen LogP contribution in [0.1, 0.15) is 36.0 Å². The molecule has 176 valence electrons. The van der Waals surface area contributed by atoms with E-state index in [0.29, 0.717) is 35.6 Å². The fourth-order valence-electron chi connectivity index (χ4n) is 4.47. The molecule has 2 aromatic rings. The molecule has 1 saturated carbocycles. The van der Waals surface area contributed by atoms with E-state index in [9.17, 15) is 4.79 Å². The number of hydrogen-bond donors (Lipinski definition) is 3. The quantitative estimate of drug-likeness (QED) is 0.394. The van der Waals surface area contributed by atoms with Gasteiger partial charge in [-0.1, -0.05) is 12.1 Å². The molecule has 2 fully saturated rings. The number of aliphatic imine (C=N–C) groups is 1. The van der Waals surface area contributed by atoms with Crippen LogP contribution in [0.25, 0.3) is 10.9 Å². The van der Waals surface area contributed by atoms with Crippen LogP contribution in [-0.2, 0) is 4.74 Å². The van der Waals surface area contributed by atoms with Crippen molar-refractivity contribution in [2.24, 2.45) is 10.9 Å². The topological polar surface area (TPSA) is 104 Å². The largest absolute Gasteiger partial charge is 0.379 e. The summed E-state index contributed by atoms with van der Waals surface area (Å²) in [5, 5.41) is 10.7. The number of aromatic nitrogens is 2. The van der Waals surface area contributed by atoms with Gasteiger partial charge in [0, 0.05) is 42.2 Å². The minimum atomic E-state index is 0.0437. The van der Waals surface area contributed by atoms with Crippen LogP contribution >= 0.6 is 0 Å². The number of ketones is 1. The lowest BCUT2D eigenvalue weighted by atomic mass is 9.81. The number of fused-ring (bicyclic) bond motifs is 1. The Balaban J connectivity index is 1.49. The van der Waals surface area contributed by atoms with Crippen molar-refractivity contribution in [1.29, 1.82) is 0 Å². The smallest absolute Gasteiger partial charge is 0.228 e. The molecule has 1 aliphatic carbocycles. The molecule has 0 bridgehead atoms. The molecule has 9 nitrogen and oxygen atoms in total. The van der Waals surface area contributed by atoms with Crippen molar-refractivity contribution in [3.63, 3.8) is 0 Å². The summed E-state index contributed by atoms with van der Waals surface area (Å²) >= 11 is 0. The molecule has 0 radical (unpaired) electrons. The predicted octanol–water partition coefficient (Wildman–Crippen LogP) is 2.38. The predicted molar refractivity (Wildman–Crippen MR) is 130 cm³/mol. The van der Waals surface area contributed by atoms with Crippen LogP contribution in [0.3, 0.4) is 0 Å². The normalized spacial score (nSPS) is 22.2. The average molecular weight is 452 g/mol. The van der Waals surface area contributed by atoms with Crippen LogP contribution in [0.5, 0.6) is 0 Å². The number of anilines is 1. The molecule has 0 spiro atoms. The number of hydrogen-bond acceptors (Lipinski definition) is 9. The fourth-order valence-corrected chi connectivity index (χ4v) is 4.47. The van der Waals surface area contributed by atoms with Crippen molar-refractivity contribution in [2.45, 2.75) is 31.7 Å². The van der Waals surface area contributed by atoms with E-state index in [2.05, 4.69) is 37.5 Å². The monoisotopic (exact) mass is 451 g/mol. The minimum absolute atomic E-state index is 0.0437. The van der Waals surface area contributed by atoms with E-state index in [1.165, 1.54) is 0 Å². The highest BCUT2D eigenvalue weighted by atomic mass is 16.5. The Kier molecular flexibility index (Phi) is 7.98.